The van der Waals surface area contributed by atoms with E-state index in [-0.39, 0.29) is 11.6 Å². The van der Waals surface area contributed by atoms with Crippen molar-refractivity contribution in [2.45, 2.75) is 44.6 Å². The molecule has 0 aliphatic rings. The maximum absolute atomic E-state index is 13.5. The van der Waals surface area contributed by atoms with Crippen LogP contribution in [-0.2, 0) is 21.7 Å². The minimum Gasteiger partial charge on any atom is -0.480 e. The molecule has 1 amide bonds. The number of benzene rings is 3. The summed E-state index contributed by atoms with van der Waals surface area (Å²) >= 11 is 3.00. The average molecular weight is 553 g/mol. The molecule has 3 aromatic carbocycles. The van der Waals surface area contributed by atoms with E-state index in [0.717, 1.165) is 32.0 Å². The lowest BCUT2D eigenvalue weighted by Crippen LogP contribution is -2.44. The Morgan fingerprint density at radius 3 is 2.53 bits per heavy atom. The molecule has 38 heavy (non-hydrogen) atoms. The Kier molecular flexibility index (Phi) is 8.69. The lowest BCUT2D eigenvalue weighted by molar-refractivity contribution is -0.138. The molecule has 0 radical (unpaired) electrons. The third-order valence-electron chi connectivity index (χ3n) is 5.51. The van der Waals surface area contributed by atoms with Crippen LogP contribution in [-0.4, -0.2) is 39.5 Å². The number of amides is 1. The van der Waals surface area contributed by atoms with Crippen LogP contribution >= 0.6 is 23.1 Å². The van der Waals surface area contributed by atoms with Gasteiger partial charge in [-0.1, -0.05) is 48.5 Å². The zero-order chi connectivity index (χ0) is 27.3. The Labute approximate surface area is 229 Å². The van der Waals surface area contributed by atoms with Crippen molar-refractivity contribution in [2.24, 2.45) is 0 Å². The summed E-state index contributed by atoms with van der Waals surface area (Å²) in [6, 6.07) is 20.1. The van der Waals surface area contributed by atoms with Gasteiger partial charge in [-0.25, -0.2) is 19.0 Å². The molecule has 0 aliphatic heterocycles. The molecule has 0 bridgehead atoms. The number of fused-ring (bicyclic) bond motifs is 1. The molecule has 1 unspecified atom stereocenters. The number of carboxylic acids is 1. The molecule has 1 heterocycles. The standard InChI is InChI=1S/C29H29FN2O4S2/c1-29(2,3)36-28(35)32-24(27(33)34)17-37-16-18-7-9-20(10-8-18)21-6-4-5-19(13-21)14-26-31-23-15-22(30)11-12-25(23)38-26/h4-13,15,24H,14,16-17H2,1-3H3,(H,32,35)(H,33,34). The monoisotopic (exact) mass is 552 g/mol. The Morgan fingerprint density at radius 2 is 1.82 bits per heavy atom. The number of nitrogens with zero attached hydrogens (tertiary/aromatic N) is 1. The first-order valence-electron chi connectivity index (χ1n) is 12.1. The number of carboxylic acid groups (broad SMARTS) is 1. The topological polar surface area (TPSA) is 88.5 Å². The number of aromatic nitrogens is 1. The minimum atomic E-state index is -1.10. The Hall–Kier alpha value is -3.43. The van der Waals surface area contributed by atoms with E-state index < -0.39 is 23.7 Å². The average Bonchev–Trinajstić information content (AvgIpc) is 3.24. The van der Waals surface area contributed by atoms with Crippen LogP contribution in [0.4, 0.5) is 9.18 Å². The van der Waals surface area contributed by atoms with Gasteiger partial charge in [-0.15, -0.1) is 11.3 Å². The highest BCUT2D eigenvalue weighted by Crippen LogP contribution is 2.27. The Bertz CT molecular complexity index is 1430. The van der Waals surface area contributed by atoms with E-state index in [2.05, 4.69) is 28.5 Å². The number of thioether (sulfide) groups is 1. The molecule has 0 saturated heterocycles. The van der Waals surface area contributed by atoms with Gasteiger partial charge in [-0.2, -0.15) is 11.8 Å². The number of aliphatic carboxylic acids is 1. The van der Waals surface area contributed by atoms with Crippen LogP contribution in [0.3, 0.4) is 0 Å². The van der Waals surface area contributed by atoms with Gasteiger partial charge in [0, 0.05) is 24.0 Å². The van der Waals surface area contributed by atoms with Crippen molar-refractivity contribution in [3.8, 4) is 11.1 Å². The van der Waals surface area contributed by atoms with Gasteiger partial charge in [-0.05, 0) is 55.2 Å². The van der Waals surface area contributed by atoms with Gasteiger partial charge in [0.15, 0.2) is 0 Å². The van der Waals surface area contributed by atoms with E-state index in [0.29, 0.717) is 17.7 Å². The summed E-state index contributed by atoms with van der Waals surface area (Å²) in [7, 11) is 0. The molecule has 4 rings (SSSR count). The zero-order valence-electron chi connectivity index (χ0n) is 21.4. The van der Waals surface area contributed by atoms with Gasteiger partial charge < -0.3 is 15.2 Å². The molecular formula is C29H29FN2O4S2. The van der Waals surface area contributed by atoms with Crippen LogP contribution in [0.2, 0.25) is 0 Å². The van der Waals surface area contributed by atoms with Crippen LogP contribution in [0.15, 0.2) is 66.7 Å². The summed E-state index contributed by atoms with van der Waals surface area (Å²) in [5.41, 5.74) is 4.32. The molecule has 6 nitrogen and oxygen atoms in total. The maximum atomic E-state index is 13.5. The summed E-state index contributed by atoms with van der Waals surface area (Å²) in [6.45, 7) is 5.18. The van der Waals surface area contributed by atoms with Crippen LogP contribution in [0, 0.1) is 5.82 Å². The number of thiazole rings is 1. The molecule has 4 aromatic rings. The third-order valence-corrected chi connectivity index (χ3v) is 7.65. The molecule has 1 atom stereocenters. The van der Waals surface area contributed by atoms with Crippen molar-refractivity contribution in [3.05, 3.63) is 88.7 Å². The summed E-state index contributed by atoms with van der Waals surface area (Å²) < 4.78 is 19.6. The summed E-state index contributed by atoms with van der Waals surface area (Å²) in [5.74, 6) is -0.552. The van der Waals surface area contributed by atoms with Crippen molar-refractivity contribution < 1.29 is 23.8 Å². The van der Waals surface area contributed by atoms with Crippen LogP contribution in [0.5, 0.6) is 0 Å². The molecule has 1 aromatic heterocycles. The Morgan fingerprint density at radius 1 is 1.05 bits per heavy atom. The highest BCUT2D eigenvalue weighted by molar-refractivity contribution is 7.98. The second kappa shape index (κ2) is 12.0. The number of carbonyl (C=O) groups is 2. The lowest BCUT2D eigenvalue weighted by Gasteiger charge is -2.21. The van der Waals surface area contributed by atoms with Gasteiger partial charge >= 0.3 is 12.1 Å². The normalized spacial score (nSPS) is 12.3. The number of ether oxygens (including phenoxy) is 1. The molecule has 0 aliphatic carbocycles. The second-order valence-corrected chi connectivity index (χ2v) is 12.0. The first-order chi connectivity index (χ1) is 18.1. The van der Waals surface area contributed by atoms with Gasteiger partial charge in [0.2, 0.25) is 0 Å². The number of alkyl carbamates (subject to hydrolysis) is 1. The third kappa shape index (κ3) is 7.79. The summed E-state index contributed by atoms with van der Waals surface area (Å²) in [6.07, 6.45) is -0.0693. The molecular weight excluding hydrogens is 523 g/mol. The van der Waals surface area contributed by atoms with E-state index in [4.69, 9.17) is 4.74 Å². The molecule has 0 saturated carbocycles. The lowest BCUT2D eigenvalue weighted by atomic mass is 10.0. The largest absolute Gasteiger partial charge is 0.480 e. The SMILES string of the molecule is CC(C)(C)OC(=O)NC(CSCc1ccc(-c2cccc(Cc3nc4cc(F)ccc4s3)c2)cc1)C(=O)O. The quantitative estimate of drug-likeness (QED) is 0.235. The molecule has 0 spiro atoms. The first-order valence-corrected chi connectivity index (χ1v) is 14.1. The minimum absolute atomic E-state index is 0.219. The number of nitrogens with one attached hydrogen (secondary N) is 1. The molecule has 9 heteroatoms. The maximum Gasteiger partial charge on any atom is 0.408 e. The van der Waals surface area contributed by atoms with Crippen molar-refractivity contribution in [3.63, 3.8) is 0 Å². The highest BCUT2D eigenvalue weighted by Gasteiger charge is 2.23. The van der Waals surface area contributed by atoms with E-state index in [1.54, 1.807) is 38.2 Å². The zero-order valence-corrected chi connectivity index (χ0v) is 23.0. The van der Waals surface area contributed by atoms with Crippen LogP contribution in [0.1, 0.15) is 36.9 Å². The van der Waals surface area contributed by atoms with Crippen molar-refractivity contribution in [1.29, 1.82) is 0 Å². The van der Waals surface area contributed by atoms with Crippen LogP contribution in [0.25, 0.3) is 21.3 Å². The second-order valence-electron chi connectivity index (χ2n) is 9.85. The van der Waals surface area contributed by atoms with Crippen molar-refractivity contribution >= 4 is 45.4 Å². The van der Waals surface area contributed by atoms with E-state index in [1.165, 1.54) is 23.9 Å². The number of halogens is 1. The first kappa shape index (κ1) is 27.6. The Balaban J connectivity index is 1.34. The van der Waals surface area contributed by atoms with Gasteiger partial charge in [0.25, 0.3) is 0 Å². The number of hydrogen-bond acceptors (Lipinski definition) is 6. The molecule has 198 valence electrons. The van der Waals surface area contributed by atoms with E-state index in [9.17, 15) is 19.1 Å². The predicted molar refractivity (Wildman–Crippen MR) is 151 cm³/mol. The van der Waals surface area contributed by atoms with E-state index in [1.807, 2.05) is 30.3 Å². The van der Waals surface area contributed by atoms with Crippen molar-refractivity contribution in [2.75, 3.05) is 5.75 Å². The smallest absolute Gasteiger partial charge is 0.408 e. The number of carbonyl (C=O) groups excluding carboxylic acids is 1. The van der Waals surface area contributed by atoms with Gasteiger partial charge in [0.1, 0.15) is 17.5 Å². The molecule has 0 fully saturated rings. The summed E-state index contributed by atoms with van der Waals surface area (Å²) in [5, 5.41) is 12.8. The predicted octanol–water partition coefficient (Wildman–Crippen LogP) is 6.90. The summed E-state index contributed by atoms with van der Waals surface area (Å²) in [4.78, 5) is 28.1. The number of rotatable bonds is 9. The van der Waals surface area contributed by atoms with Crippen LogP contribution < -0.4 is 5.32 Å². The van der Waals surface area contributed by atoms with Gasteiger partial charge in [-0.3, -0.25) is 0 Å². The number of hydrogen-bond donors (Lipinski definition) is 2. The fraction of sp³-hybridized carbons (Fsp3) is 0.276. The fourth-order valence-electron chi connectivity index (χ4n) is 3.77. The van der Waals surface area contributed by atoms with Gasteiger partial charge in [0.05, 0.1) is 15.2 Å². The van der Waals surface area contributed by atoms with Crippen molar-refractivity contribution in [1.82, 2.24) is 10.3 Å². The molecule has 2 N–H and O–H groups in total. The highest BCUT2D eigenvalue weighted by atomic mass is 32.2. The van der Waals surface area contributed by atoms with E-state index >= 15 is 0 Å². The fourth-order valence-corrected chi connectivity index (χ4v) is 5.76.